The second kappa shape index (κ2) is 7.05. The molecule has 134 valence electrons. The van der Waals surface area contributed by atoms with Crippen molar-refractivity contribution in [3.8, 4) is 6.07 Å². The molecule has 2 aliphatic rings. The van der Waals surface area contributed by atoms with E-state index in [-0.39, 0.29) is 11.4 Å². The average molecular weight is 340 g/mol. The highest BCUT2D eigenvalue weighted by Crippen LogP contribution is 2.35. The van der Waals surface area contributed by atoms with Gasteiger partial charge in [0, 0.05) is 26.2 Å². The van der Waals surface area contributed by atoms with Gasteiger partial charge in [0.2, 0.25) is 0 Å². The lowest BCUT2D eigenvalue weighted by Crippen LogP contribution is -2.50. The number of carbonyl (C=O) groups excluding carboxylic acids is 1. The summed E-state index contributed by atoms with van der Waals surface area (Å²) in [5, 5.41) is 12.9. The molecule has 1 aromatic carbocycles. The first-order chi connectivity index (χ1) is 12.0. The van der Waals surface area contributed by atoms with Gasteiger partial charge in [-0.25, -0.2) is 4.79 Å². The van der Waals surface area contributed by atoms with Crippen LogP contribution in [0.4, 0.5) is 4.79 Å². The molecule has 0 unspecified atom stereocenters. The first-order valence-corrected chi connectivity index (χ1v) is 9.15. The first kappa shape index (κ1) is 17.8. The molecule has 1 N–H and O–H groups in total. The summed E-state index contributed by atoms with van der Waals surface area (Å²) in [6.45, 7) is 6.34. The Kier molecular flexibility index (Phi) is 5.01. The number of nitriles is 1. The van der Waals surface area contributed by atoms with Crippen molar-refractivity contribution in [2.24, 2.45) is 5.41 Å². The van der Waals surface area contributed by atoms with Crippen LogP contribution in [0.2, 0.25) is 0 Å². The van der Waals surface area contributed by atoms with Gasteiger partial charge in [0.15, 0.2) is 0 Å². The van der Waals surface area contributed by atoms with Crippen LogP contribution in [0.1, 0.15) is 31.7 Å². The maximum absolute atomic E-state index is 12.5. The molecule has 2 heterocycles. The molecule has 1 aromatic rings. The van der Waals surface area contributed by atoms with Crippen molar-refractivity contribution in [1.82, 2.24) is 15.1 Å². The number of hydrogen-bond donors (Lipinski definition) is 1. The van der Waals surface area contributed by atoms with Crippen molar-refractivity contribution in [2.45, 2.75) is 31.6 Å². The third-order valence-corrected chi connectivity index (χ3v) is 5.86. The third kappa shape index (κ3) is 3.80. The van der Waals surface area contributed by atoms with Crippen LogP contribution in [0.15, 0.2) is 30.3 Å². The summed E-state index contributed by atoms with van der Waals surface area (Å²) in [5.41, 5.74) is 0.776. The lowest BCUT2D eigenvalue weighted by atomic mass is 9.74. The topological polar surface area (TPSA) is 59.4 Å². The van der Waals surface area contributed by atoms with Gasteiger partial charge in [-0.1, -0.05) is 37.3 Å². The Bertz CT molecular complexity index is 645. The molecule has 0 radical (unpaired) electrons. The van der Waals surface area contributed by atoms with Crippen LogP contribution in [0.5, 0.6) is 0 Å². The Morgan fingerprint density at radius 2 is 1.88 bits per heavy atom. The predicted octanol–water partition coefficient (Wildman–Crippen LogP) is 2.60. The summed E-state index contributed by atoms with van der Waals surface area (Å²) in [5.74, 6) is 0. The Morgan fingerprint density at radius 1 is 1.20 bits per heavy atom. The van der Waals surface area contributed by atoms with Gasteiger partial charge in [0.1, 0.15) is 0 Å². The van der Waals surface area contributed by atoms with Crippen LogP contribution in [0.25, 0.3) is 0 Å². The molecule has 25 heavy (non-hydrogen) atoms. The number of hydrogen-bond acceptors (Lipinski definition) is 3. The fourth-order valence-electron chi connectivity index (χ4n) is 4.13. The van der Waals surface area contributed by atoms with E-state index in [2.05, 4.69) is 30.3 Å². The van der Waals surface area contributed by atoms with Gasteiger partial charge < -0.3 is 15.1 Å². The number of nitrogens with zero attached hydrogens (tertiary/aromatic N) is 3. The number of amides is 2. The minimum atomic E-state index is -0.460. The molecule has 2 aliphatic heterocycles. The van der Waals surface area contributed by atoms with E-state index in [1.165, 1.54) is 0 Å². The van der Waals surface area contributed by atoms with Crippen LogP contribution in [0, 0.1) is 16.7 Å². The quantitative estimate of drug-likeness (QED) is 0.920. The number of urea groups is 1. The molecule has 0 spiro atoms. The summed E-state index contributed by atoms with van der Waals surface area (Å²) >= 11 is 0. The fourth-order valence-corrected chi connectivity index (χ4v) is 4.13. The molecular weight excluding hydrogens is 312 g/mol. The molecule has 3 rings (SSSR count). The van der Waals surface area contributed by atoms with E-state index in [0.29, 0.717) is 25.9 Å². The van der Waals surface area contributed by atoms with E-state index in [4.69, 9.17) is 0 Å². The van der Waals surface area contributed by atoms with Crippen molar-refractivity contribution >= 4 is 6.03 Å². The molecule has 5 nitrogen and oxygen atoms in total. The molecule has 0 bridgehead atoms. The van der Waals surface area contributed by atoms with E-state index >= 15 is 0 Å². The van der Waals surface area contributed by atoms with Crippen LogP contribution in [-0.2, 0) is 5.41 Å². The average Bonchev–Trinajstić information content (AvgIpc) is 3.00. The molecule has 2 saturated heterocycles. The number of piperidine rings is 1. The van der Waals surface area contributed by atoms with Gasteiger partial charge in [-0.05, 0) is 43.8 Å². The van der Waals surface area contributed by atoms with Crippen molar-refractivity contribution in [1.29, 1.82) is 5.26 Å². The molecule has 2 amide bonds. The minimum Gasteiger partial charge on any atom is -0.337 e. The molecule has 2 fully saturated rings. The number of carbonyl (C=O) groups is 1. The monoisotopic (exact) mass is 340 g/mol. The maximum atomic E-state index is 12.5. The standard InChI is InChI=1S/C20H28N4O/c1-19(8-11-23(2)16-19)15-22-18(25)24-12-9-20(14-21,10-13-24)17-6-4-3-5-7-17/h3-7H,8-13,15-16H2,1-2H3,(H,22,25)/t19-/m0/s1. The van der Waals surface area contributed by atoms with Crippen LogP contribution in [-0.4, -0.2) is 55.6 Å². The van der Waals surface area contributed by atoms with Gasteiger partial charge >= 0.3 is 6.03 Å². The van der Waals surface area contributed by atoms with Crippen LogP contribution in [0.3, 0.4) is 0 Å². The van der Waals surface area contributed by atoms with E-state index in [1.54, 1.807) is 0 Å². The van der Waals surface area contributed by atoms with Gasteiger partial charge in [0.25, 0.3) is 0 Å². The largest absolute Gasteiger partial charge is 0.337 e. The first-order valence-electron chi connectivity index (χ1n) is 9.15. The van der Waals surface area contributed by atoms with Crippen molar-refractivity contribution < 1.29 is 4.79 Å². The van der Waals surface area contributed by atoms with Crippen LogP contribution >= 0.6 is 0 Å². The third-order valence-electron chi connectivity index (χ3n) is 5.86. The molecule has 5 heteroatoms. The number of nitrogens with one attached hydrogen (secondary N) is 1. The van der Waals surface area contributed by atoms with Crippen LogP contribution < -0.4 is 5.32 Å². The zero-order valence-corrected chi connectivity index (χ0v) is 15.3. The predicted molar refractivity (Wildman–Crippen MR) is 98.2 cm³/mol. The lowest BCUT2D eigenvalue weighted by molar-refractivity contribution is 0.166. The Morgan fingerprint density at radius 3 is 2.44 bits per heavy atom. The maximum Gasteiger partial charge on any atom is 0.317 e. The Balaban J connectivity index is 1.55. The minimum absolute atomic E-state index is 0.00961. The van der Waals surface area contributed by atoms with Gasteiger partial charge in [-0.3, -0.25) is 0 Å². The molecule has 1 atom stereocenters. The SMILES string of the molecule is CN1CC[C@@](C)(CNC(=O)N2CCC(C#N)(c3ccccc3)CC2)C1. The number of rotatable bonds is 3. The van der Waals surface area contributed by atoms with Crippen molar-refractivity contribution in [2.75, 3.05) is 39.8 Å². The van der Waals surface area contributed by atoms with E-state index < -0.39 is 5.41 Å². The molecule has 0 aliphatic carbocycles. The number of benzene rings is 1. The molecule has 0 aromatic heterocycles. The van der Waals surface area contributed by atoms with Crippen molar-refractivity contribution in [3.05, 3.63) is 35.9 Å². The zero-order chi connectivity index (χ0) is 17.9. The highest BCUT2D eigenvalue weighted by atomic mass is 16.2. The van der Waals surface area contributed by atoms with E-state index in [9.17, 15) is 10.1 Å². The molecular formula is C20H28N4O. The van der Waals surface area contributed by atoms with Crippen molar-refractivity contribution in [3.63, 3.8) is 0 Å². The Hall–Kier alpha value is -2.06. The second-order valence-electron chi connectivity index (χ2n) is 8.00. The summed E-state index contributed by atoms with van der Waals surface area (Å²) in [6, 6.07) is 12.5. The van der Waals surface area contributed by atoms with Gasteiger partial charge in [-0.15, -0.1) is 0 Å². The normalized spacial score (nSPS) is 26.2. The zero-order valence-electron chi connectivity index (χ0n) is 15.3. The van der Waals surface area contributed by atoms with E-state index in [1.807, 2.05) is 35.2 Å². The summed E-state index contributed by atoms with van der Waals surface area (Å²) in [6.07, 6.45) is 2.51. The summed E-state index contributed by atoms with van der Waals surface area (Å²) < 4.78 is 0. The second-order valence-corrected chi connectivity index (χ2v) is 8.00. The fraction of sp³-hybridized carbons (Fsp3) is 0.600. The molecule has 0 saturated carbocycles. The van der Waals surface area contributed by atoms with E-state index in [0.717, 1.165) is 31.6 Å². The van der Waals surface area contributed by atoms with Gasteiger partial charge in [0.05, 0.1) is 11.5 Å². The summed E-state index contributed by atoms with van der Waals surface area (Å²) in [4.78, 5) is 16.7. The Labute approximate surface area is 150 Å². The van der Waals surface area contributed by atoms with Gasteiger partial charge in [-0.2, -0.15) is 5.26 Å². The highest BCUT2D eigenvalue weighted by molar-refractivity contribution is 5.74. The smallest absolute Gasteiger partial charge is 0.317 e. The lowest BCUT2D eigenvalue weighted by Gasteiger charge is -2.38. The number of likely N-dealkylation sites (tertiary alicyclic amines) is 2. The highest BCUT2D eigenvalue weighted by Gasteiger charge is 2.38. The summed E-state index contributed by atoms with van der Waals surface area (Å²) in [7, 11) is 2.13.